The molecule has 0 aromatic rings. The van der Waals surface area contributed by atoms with Gasteiger partial charge in [-0.1, -0.05) is 48.5 Å². The summed E-state index contributed by atoms with van der Waals surface area (Å²) < 4.78 is 77.2. The highest BCUT2D eigenvalue weighted by molar-refractivity contribution is 5.89. The molecule has 7 unspecified atom stereocenters. The van der Waals surface area contributed by atoms with Crippen LogP contribution >= 0.6 is 0 Å². The molecule has 6 N–H and O–H groups in total. The molecule has 8 aliphatic rings. The van der Waals surface area contributed by atoms with Gasteiger partial charge in [-0.3, -0.25) is 38.4 Å². The quantitative estimate of drug-likeness (QED) is 0.0313. The van der Waals surface area contributed by atoms with Gasteiger partial charge in [-0.2, -0.15) is 0 Å². The van der Waals surface area contributed by atoms with E-state index in [0.29, 0.717) is 90.1 Å². The standard InChI is InChI=1S/C87H150N6O20/c1-29-86(28,113-64(96)35-60(67(98)109-54-31-33-89-76(8,9)38-54)59(34-63(95)107-53-30-32-88-75(6,7)37-53)68(99)110-56-41-79(14,15)91-80(16,17)42-56)85(26,27)72-105-51-87(52-106-72)49-103-71(104-50-87)74(4,5)48-102-62(94)36-61(69(100)111-57-43-81(18,19)92-82(20,21)44-57)66(70(101)112-58-45-83(22,23)93-84(24,25)46-58)73(2,3)47-65(97)108-55-39-77(10,11)90-78(12,13)40-55/h53-61,66,71-72,88-93H,29-52H2,1-28H3. The first-order valence-corrected chi connectivity index (χ1v) is 42.2. The first kappa shape index (κ1) is 93.9. The van der Waals surface area contributed by atoms with Crippen LogP contribution in [0.3, 0.4) is 0 Å². The molecule has 0 saturated carbocycles. The van der Waals surface area contributed by atoms with Crippen molar-refractivity contribution in [1.29, 1.82) is 0 Å². The fourth-order valence-electron chi connectivity index (χ4n) is 20.5. The zero-order valence-corrected chi connectivity index (χ0v) is 74.6. The average Bonchev–Trinajstić information content (AvgIpc) is 0.753. The normalized spacial score (nSPS) is 29.3. The van der Waals surface area contributed by atoms with E-state index in [-0.39, 0.29) is 68.0 Å². The van der Waals surface area contributed by atoms with Crippen LogP contribution in [0, 0.1) is 45.3 Å². The summed E-state index contributed by atoms with van der Waals surface area (Å²) >= 11 is 0. The minimum Gasteiger partial charge on any atom is -0.465 e. The molecule has 0 radical (unpaired) electrons. The van der Waals surface area contributed by atoms with E-state index in [9.17, 15) is 14.4 Å². The van der Waals surface area contributed by atoms with Crippen LogP contribution in [0.5, 0.6) is 0 Å². The Kier molecular flexibility index (Phi) is 28.7. The molecule has 8 saturated heterocycles. The Labute approximate surface area is 676 Å². The van der Waals surface area contributed by atoms with Crippen LogP contribution in [-0.2, 0) is 95.2 Å². The lowest BCUT2D eigenvalue weighted by Gasteiger charge is -2.52. The molecule has 0 aromatic heterocycles. The molecule has 0 amide bonds. The average molecular weight is 1600 g/mol. The topological polar surface area (TPSA) is 319 Å². The molecule has 648 valence electrons. The molecule has 1 spiro atoms. The van der Waals surface area contributed by atoms with Crippen LogP contribution in [0.1, 0.15) is 303 Å². The minimum absolute atomic E-state index is 0.113. The van der Waals surface area contributed by atoms with Gasteiger partial charge in [0.2, 0.25) is 0 Å². The molecule has 113 heavy (non-hydrogen) atoms. The van der Waals surface area contributed by atoms with Gasteiger partial charge in [-0.05, 0) is 183 Å². The van der Waals surface area contributed by atoms with Crippen LogP contribution in [0.15, 0.2) is 0 Å². The van der Waals surface area contributed by atoms with Crippen molar-refractivity contribution >= 4 is 47.8 Å². The third-order valence-corrected chi connectivity index (χ3v) is 25.0. The van der Waals surface area contributed by atoms with Gasteiger partial charge in [-0.15, -0.1) is 0 Å². The van der Waals surface area contributed by atoms with Crippen molar-refractivity contribution in [3.8, 4) is 0 Å². The summed E-state index contributed by atoms with van der Waals surface area (Å²) in [4.78, 5) is 120. The van der Waals surface area contributed by atoms with Crippen molar-refractivity contribution in [2.75, 3.05) is 46.1 Å². The van der Waals surface area contributed by atoms with E-state index in [1.165, 1.54) is 0 Å². The third-order valence-electron chi connectivity index (χ3n) is 25.0. The maximum atomic E-state index is 15.5. The first-order chi connectivity index (χ1) is 51.4. The maximum absolute atomic E-state index is 15.5. The van der Waals surface area contributed by atoms with E-state index < -0.39 is 200 Å². The molecule has 8 heterocycles. The molecule has 26 heteroatoms. The van der Waals surface area contributed by atoms with Gasteiger partial charge in [0.05, 0.1) is 86.6 Å². The fraction of sp³-hybridized carbons (Fsp3) is 0.908. The van der Waals surface area contributed by atoms with Crippen LogP contribution in [0.25, 0.3) is 0 Å². The Morgan fingerprint density at radius 2 is 0.681 bits per heavy atom. The second-order valence-corrected chi connectivity index (χ2v) is 44.2. The number of carbonyl (C=O) groups is 8. The molecule has 8 fully saturated rings. The zero-order chi connectivity index (χ0) is 84.7. The fourth-order valence-corrected chi connectivity index (χ4v) is 20.5. The van der Waals surface area contributed by atoms with Gasteiger partial charge in [0.1, 0.15) is 48.8 Å². The van der Waals surface area contributed by atoms with Gasteiger partial charge in [0.25, 0.3) is 0 Å². The van der Waals surface area contributed by atoms with Gasteiger partial charge in [0.15, 0.2) is 12.6 Å². The molecular formula is C87H150N6O20. The van der Waals surface area contributed by atoms with Crippen molar-refractivity contribution < 1.29 is 95.2 Å². The van der Waals surface area contributed by atoms with Crippen LogP contribution in [0.4, 0.5) is 0 Å². The van der Waals surface area contributed by atoms with Gasteiger partial charge < -0.3 is 88.7 Å². The predicted molar refractivity (Wildman–Crippen MR) is 427 cm³/mol. The number of esters is 8. The summed E-state index contributed by atoms with van der Waals surface area (Å²) in [6.45, 7) is 56.9. The summed E-state index contributed by atoms with van der Waals surface area (Å²) in [7, 11) is 0. The summed E-state index contributed by atoms with van der Waals surface area (Å²) in [5.74, 6) is -11.8. The SMILES string of the molecule is CCC(C)(OC(=O)CC(C(=O)OC1CCNC(C)(C)C1)C(CC(=O)OC1CCNC(C)(C)C1)C(=O)OC1CC(C)(C)NC(C)(C)C1)C(C)(C)C1OCC2(COC(C(C)(C)COC(=O)CC(C(=O)OC3CC(C)(C)NC(C)(C)C3)C(C(=O)OC3CC(C)(C)NC(C)(C)C3)C(C)(C)CC(=O)OC3CC(C)(C)NC(C)(C)C3)OC2)CO1. The highest BCUT2D eigenvalue weighted by atomic mass is 16.7. The smallest absolute Gasteiger partial charge is 0.310 e. The summed E-state index contributed by atoms with van der Waals surface area (Å²) in [6, 6.07) is 0. The Morgan fingerprint density at radius 3 is 1.06 bits per heavy atom. The van der Waals surface area contributed by atoms with E-state index in [1.54, 1.807) is 20.8 Å². The Bertz CT molecular complexity index is 3290. The van der Waals surface area contributed by atoms with Crippen molar-refractivity contribution in [3.63, 3.8) is 0 Å². The van der Waals surface area contributed by atoms with Crippen molar-refractivity contribution in [3.05, 3.63) is 0 Å². The lowest BCUT2D eigenvalue weighted by molar-refractivity contribution is -0.346. The van der Waals surface area contributed by atoms with E-state index in [1.807, 2.05) is 145 Å². The number of rotatable bonds is 28. The Morgan fingerprint density at radius 1 is 0.372 bits per heavy atom. The third kappa shape index (κ3) is 26.2. The van der Waals surface area contributed by atoms with Crippen LogP contribution in [-0.4, -0.2) is 204 Å². The van der Waals surface area contributed by atoms with Gasteiger partial charge in [-0.25, -0.2) is 0 Å². The number of hydrogen-bond acceptors (Lipinski definition) is 26. The van der Waals surface area contributed by atoms with Crippen LogP contribution < -0.4 is 31.9 Å². The first-order valence-electron chi connectivity index (χ1n) is 42.2. The van der Waals surface area contributed by atoms with E-state index in [4.69, 9.17) is 56.8 Å². The monoisotopic (exact) mass is 1600 g/mol. The predicted octanol–water partition coefficient (Wildman–Crippen LogP) is 11.6. The van der Waals surface area contributed by atoms with Gasteiger partial charge >= 0.3 is 47.8 Å². The van der Waals surface area contributed by atoms with Crippen molar-refractivity contribution in [2.45, 2.75) is 413 Å². The highest BCUT2D eigenvalue weighted by Gasteiger charge is 2.57. The van der Waals surface area contributed by atoms with Crippen molar-refractivity contribution in [1.82, 2.24) is 31.9 Å². The second kappa shape index (κ2) is 34.6. The molecular weight excluding hydrogens is 1450 g/mol. The minimum atomic E-state index is -1.51. The Balaban J connectivity index is 0.962. The lowest BCUT2D eigenvalue weighted by atomic mass is 9.68. The molecule has 0 aromatic carbocycles. The van der Waals surface area contributed by atoms with Gasteiger partial charge in [0, 0.05) is 125 Å². The van der Waals surface area contributed by atoms with E-state index in [0.717, 1.165) is 0 Å². The number of nitrogens with one attached hydrogen (secondary N) is 6. The lowest BCUT2D eigenvalue weighted by Crippen LogP contribution is -2.60. The maximum Gasteiger partial charge on any atom is 0.310 e. The number of piperidine rings is 6. The summed E-state index contributed by atoms with van der Waals surface area (Å²) in [5, 5.41) is 21.5. The summed E-state index contributed by atoms with van der Waals surface area (Å²) in [6.07, 6.45) is -0.827. The number of carbonyl (C=O) groups excluding carboxylic acids is 8. The molecule has 26 nitrogen and oxygen atoms in total. The number of ether oxygens (including phenoxy) is 12. The molecule has 8 rings (SSSR count). The highest BCUT2D eigenvalue weighted by Crippen LogP contribution is 2.48. The molecule has 0 aliphatic carbocycles. The largest absolute Gasteiger partial charge is 0.465 e. The van der Waals surface area contributed by atoms with E-state index >= 15 is 24.0 Å². The van der Waals surface area contributed by atoms with Crippen LogP contribution in [0.2, 0.25) is 0 Å². The van der Waals surface area contributed by atoms with E-state index in [2.05, 4.69) is 59.6 Å². The molecule has 7 atom stereocenters. The molecule has 0 bridgehead atoms. The Hall–Kier alpha value is -4.64. The zero-order valence-electron chi connectivity index (χ0n) is 74.6. The summed E-state index contributed by atoms with van der Waals surface area (Å²) in [5.41, 5.74) is -9.41. The van der Waals surface area contributed by atoms with Crippen molar-refractivity contribution in [2.24, 2.45) is 45.3 Å². The second-order valence-electron chi connectivity index (χ2n) is 44.2. The number of hydrogen-bond donors (Lipinski definition) is 6. The molecule has 8 aliphatic heterocycles.